The topological polar surface area (TPSA) is 29.5 Å². The molecule has 11 rings (SSSR count). The van der Waals surface area contributed by atoms with Crippen LogP contribution in [0, 0.1) is 0 Å². The van der Waals surface area contributed by atoms with Crippen LogP contribution in [0.1, 0.15) is 0 Å². The van der Waals surface area contributed by atoms with Crippen molar-refractivity contribution in [2.45, 2.75) is 0 Å². The van der Waals surface area contributed by atoms with Gasteiger partial charge in [0.2, 0.25) is 0 Å². The van der Waals surface area contributed by atoms with E-state index in [1.54, 1.807) is 0 Å². The quantitative estimate of drug-likeness (QED) is 0.173. The Labute approximate surface area is 317 Å². The molecule has 2 aromatic heterocycles. The molecule has 0 bridgehead atoms. The second kappa shape index (κ2) is 12.6. The van der Waals surface area contributed by atoms with Crippen LogP contribution in [0.15, 0.2) is 209 Å². The third-order valence-electron chi connectivity index (χ3n) is 10.9. The SMILES string of the molecule is c1ccc(-c2ccc3ccccc3c2)c(-c2ccc(N(c3ccc4c(c3)oc3ccccc34)c3ccccc3-c3ccc4oc5ccccc5c4c3)cc2)c1. The third-order valence-corrected chi connectivity index (χ3v) is 10.9. The minimum Gasteiger partial charge on any atom is -0.456 e. The maximum absolute atomic E-state index is 6.43. The normalized spacial score (nSPS) is 11.6. The van der Waals surface area contributed by atoms with Gasteiger partial charge in [-0.2, -0.15) is 0 Å². The number of anilines is 3. The number of para-hydroxylation sites is 3. The summed E-state index contributed by atoms with van der Waals surface area (Å²) < 4.78 is 12.6. The highest BCUT2D eigenvalue weighted by Crippen LogP contribution is 2.44. The van der Waals surface area contributed by atoms with E-state index in [9.17, 15) is 0 Å². The zero-order valence-electron chi connectivity index (χ0n) is 29.8. The molecule has 0 aliphatic carbocycles. The maximum Gasteiger partial charge on any atom is 0.137 e. The van der Waals surface area contributed by atoms with Gasteiger partial charge in [-0.15, -0.1) is 0 Å². The summed E-state index contributed by atoms with van der Waals surface area (Å²) in [6.45, 7) is 0. The van der Waals surface area contributed by atoms with Crippen molar-refractivity contribution in [3.63, 3.8) is 0 Å². The molecule has 0 spiro atoms. The van der Waals surface area contributed by atoms with Gasteiger partial charge in [-0.3, -0.25) is 0 Å². The van der Waals surface area contributed by atoms with Crippen molar-refractivity contribution in [1.82, 2.24) is 0 Å². The summed E-state index contributed by atoms with van der Waals surface area (Å²) in [5, 5.41) is 6.92. The average molecular weight is 704 g/mol. The summed E-state index contributed by atoms with van der Waals surface area (Å²) >= 11 is 0. The van der Waals surface area contributed by atoms with Crippen molar-refractivity contribution in [2.24, 2.45) is 0 Å². The lowest BCUT2D eigenvalue weighted by molar-refractivity contribution is 0.668. The molecular weight excluding hydrogens is 671 g/mol. The number of benzene rings is 9. The predicted octanol–water partition coefficient (Wildman–Crippen LogP) is 15.1. The Kier molecular flexibility index (Phi) is 7.17. The van der Waals surface area contributed by atoms with E-state index >= 15 is 0 Å². The van der Waals surface area contributed by atoms with Gasteiger partial charge < -0.3 is 13.7 Å². The van der Waals surface area contributed by atoms with Crippen LogP contribution >= 0.6 is 0 Å². The highest BCUT2D eigenvalue weighted by molar-refractivity contribution is 6.08. The van der Waals surface area contributed by atoms with Gasteiger partial charge in [0, 0.05) is 44.5 Å². The molecule has 0 saturated carbocycles. The van der Waals surface area contributed by atoms with Crippen molar-refractivity contribution in [2.75, 3.05) is 4.90 Å². The van der Waals surface area contributed by atoms with Crippen molar-refractivity contribution < 1.29 is 8.83 Å². The van der Waals surface area contributed by atoms with E-state index in [0.29, 0.717) is 0 Å². The Balaban J connectivity index is 1.06. The summed E-state index contributed by atoms with van der Waals surface area (Å²) in [5.74, 6) is 0. The van der Waals surface area contributed by atoms with Crippen LogP contribution in [-0.2, 0) is 0 Å². The van der Waals surface area contributed by atoms with Gasteiger partial charge in [-0.1, -0.05) is 133 Å². The molecule has 0 fully saturated rings. The Bertz CT molecular complexity index is 3220. The predicted molar refractivity (Wildman–Crippen MR) is 229 cm³/mol. The lowest BCUT2D eigenvalue weighted by Crippen LogP contribution is -2.11. The Morgan fingerprint density at radius 2 is 0.818 bits per heavy atom. The molecule has 0 atom stereocenters. The molecule has 3 nitrogen and oxygen atoms in total. The van der Waals surface area contributed by atoms with Crippen LogP contribution in [0.25, 0.3) is 88.0 Å². The zero-order chi connectivity index (χ0) is 36.3. The lowest BCUT2D eigenvalue weighted by atomic mass is 9.93. The fourth-order valence-corrected chi connectivity index (χ4v) is 8.22. The standard InChI is InChI=1S/C52H33NO2/c1-2-12-36-31-37(22-21-34(36)11-1)42-14-4-3-13-41(42)35-23-26-39(27-24-35)53(40-28-29-46-44-16-6-9-19-49(44)55-52(46)33-40)48-18-8-5-15-43(48)38-25-30-51-47(32-38)45-17-7-10-20-50(45)54-51/h1-33H. The number of hydrogen-bond donors (Lipinski definition) is 0. The molecule has 3 heteroatoms. The number of hydrogen-bond acceptors (Lipinski definition) is 3. The van der Waals surface area contributed by atoms with Crippen LogP contribution in [-0.4, -0.2) is 0 Å². The first-order chi connectivity index (χ1) is 27.2. The molecule has 55 heavy (non-hydrogen) atoms. The molecule has 0 amide bonds. The minimum atomic E-state index is 0.855. The van der Waals surface area contributed by atoms with Gasteiger partial charge in [-0.25, -0.2) is 0 Å². The van der Waals surface area contributed by atoms with E-state index in [1.165, 1.54) is 27.5 Å². The van der Waals surface area contributed by atoms with E-state index in [2.05, 4.69) is 181 Å². The second-order valence-corrected chi connectivity index (χ2v) is 14.1. The molecule has 11 aromatic rings. The average Bonchev–Trinajstić information content (AvgIpc) is 3.82. The lowest BCUT2D eigenvalue weighted by Gasteiger charge is -2.28. The van der Waals surface area contributed by atoms with E-state index in [0.717, 1.165) is 77.6 Å². The maximum atomic E-state index is 6.43. The largest absolute Gasteiger partial charge is 0.456 e. The third kappa shape index (κ3) is 5.28. The molecule has 0 saturated heterocycles. The summed E-state index contributed by atoms with van der Waals surface area (Å²) in [5.41, 5.74) is 13.6. The van der Waals surface area contributed by atoms with E-state index < -0.39 is 0 Å². The molecule has 0 N–H and O–H groups in total. The Morgan fingerprint density at radius 3 is 1.62 bits per heavy atom. The first-order valence-corrected chi connectivity index (χ1v) is 18.7. The molecule has 0 radical (unpaired) electrons. The van der Waals surface area contributed by atoms with Gasteiger partial charge in [0.05, 0.1) is 5.69 Å². The summed E-state index contributed by atoms with van der Waals surface area (Å²) in [6.07, 6.45) is 0. The van der Waals surface area contributed by atoms with Gasteiger partial charge in [0.25, 0.3) is 0 Å². The van der Waals surface area contributed by atoms with Crippen LogP contribution in [0.3, 0.4) is 0 Å². The molecule has 9 aromatic carbocycles. The summed E-state index contributed by atoms with van der Waals surface area (Å²) in [4.78, 5) is 2.35. The fraction of sp³-hybridized carbons (Fsp3) is 0. The second-order valence-electron chi connectivity index (χ2n) is 14.1. The molecule has 0 aliphatic heterocycles. The van der Waals surface area contributed by atoms with Crippen LogP contribution in [0.5, 0.6) is 0 Å². The number of furan rings is 2. The van der Waals surface area contributed by atoms with Crippen molar-refractivity contribution in [3.05, 3.63) is 200 Å². The van der Waals surface area contributed by atoms with Crippen LogP contribution in [0.2, 0.25) is 0 Å². The molecular formula is C52H33NO2. The van der Waals surface area contributed by atoms with Crippen molar-refractivity contribution in [3.8, 4) is 33.4 Å². The zero-order valence-corrected chi connectivity index (χ0v) is 29.8. The Hall–Kier alpha value is -7.36. The highest BCUT2D eigenvalue weighted by Gasteiger charge is 2.20. The molecule has 0 aliphatic rings. The first kappa shape index (κ1) is 31.2. The number of fused-ring (bicyclic) bond motifs is 7. The number of nitrogens with zero attached hydrogens (tertiary/aromatic N) is 1. The smallest absolute Gasteiger partial charge is 0.137 e. The molecule has 0 unspecified atom stereocenters. The minimum absolute atomic E-state index is 0.855. The van der Waals surface area contributed by atoms with Gasteiger partial charge in [-0.05, 0) is 99.3 Å². The van der Waals surface area contributed by atoms with E-state index in [-0.39, 0.29) is 0 Å². The molecule has 2 heterocycles. The molecule has 258 valence electrons. The number of rotatable bonds is 6. The van der Waals surface area contributed by atoms with E-state index in [4.69, 9.17) is 8.83 Å². The van der Waals surface area contributed by atoms with Crippen molar-refractivity contribution in [1.29, 1.82) is 0 Å². The Morgan fingerprint density at radius 1 is 0.291 bits per heavy atom. The van der Waals surface area contributed by atoms with Gasteiger partial charge >= 0.3 is 0 Å². The first-order valence-electron chi connectivity index (χ1n) is 18.7. The van der Waals surface area contributed by atoms with Gasteiger partial charge in [0.1, 0.15) is 22.3 Å². The van der Waals surface area contributed by atoms with Crippen molar-refractivity contribution >= 4 is 71.7 Å². The van der Waals surface area contributed by atoms with Crippen LogP contribution in [0.4, 0.5) is 17.1 Å². The fourth-order valence-electron chi connectivity index (χ4n) is 8.22. The van der Waals surface area contributed by atoms with E-state index in [1.807, 2.05) is 24.3 Å². The van der Waals surface area contributed by atoms with Crippen LogP contribution < -0.4 is 4.90 Å². The highest BCUT2D eigenvalue weighted by atomic mass is 16.3. The summed E-state index contributed by atoms with van der Waals surface area (Å²) in [7, 11) is 0. The monoisotopic (exact) mass is 703 g/mol. The van der Waals surface area contributed by atoms with Gasteiger partial charge in [0.15, 0.2) is 0 Å². The summed E-state index contributed by atoms with van der Waals surface area (Å²) in [6, 6.07) is 71.1.